The first-order valence-corrected chi connectivity index (χ1v) is 12.7. The van der Waals surface area contributed by atoms with Crippen molar-refractivity contribution in [2.45, 2.75) is 39.8 Å². The summed E-state index contributed by atoms with van der Waals surface area (Å²) in [6.07, 6.45) is 1.83. The van der Waals surface area contributed by atoms with Crippen LogP contribution in [0.3, 0.4) is 0 Å². The van der Waals surface area contributed by atoms with Gasteiger partial charge in [-0.05, 0) is 99.1 Å². The Morgan fingerprint density at radius 2 is 1.65 bits per heavy atom. The molecule has 0 aliphatic carbocycles. The SMILES string of the molecule is COc1ccc(N2C(=S)N[C@@H](c3ccccn3)[C@H]2c2cc(C)n(-c3cc(C)cc(C)c3)c2C)c(OC)c1. The fraction of sp³-hybridized carbons (Fsp3) is 0.267. The number of aromatic nitrogens is 2. The van der Waals surface area contributed by atoms with Crippen molar-refractivity contribution in [3.63, 3.8) is 0 Å². The minimum absolute atomic E-state index is 0.143. The van der Waals surface area contributed by atoms with Crippen LogP contribution >= 0.6 is 12.2 Å². The van der Waals surface area contributed by atoms with E-state index in [1.165, 1.54) is 16.7 Å². The topological polar surface area (TPSA) is 51.5 Å². The maximum Gasteiger partial charge on any atom is 0.174 e. The number of thiocarbonyl (C=S) groups is 1. The van der Waals surface area contributed by atoms with Crippen molar-refractivity contribution in [3.8, 4) is 17.2 Å². The molecule has 6 nitrogen and oxygen atoms in total. The second-order valence-electron chi connectivity index (χ2n) is 9.54. The number of pyridine rings is 1. The maximum atomic E-state index is 5.95. The van der Waals surface area contributed by atoms with Crippen molar-refractivity contribution in [1.29, 1.82) is 0 Å². The van der Waals surface area contributed by atoms with Crippen LogP contribution in [0.5, 0.6) is 11.5 Å². The predicted molar refractivity (Wildman–Crippen MR) is 152 cm³/mol. The van der Waals surface area contributed by atoms with Gasteiger partial charge in [-0.3, -0.25) is 4.98 Å². The minimum Gasteiger partial charge on any atom is -0.497 e. The van der Waals surface area contributed by atoms with E-state index in [2.05, 4.69) is 66.7 Å². The number of ether oxygens (including phenoxy) is 2. The molecular weight excluding hydrogens is 480 g/mol. The van der Waals surface area contributed by atoms with Crippen molar-refractivity contribution in [2.24, 2.45) is 0 Å². The highest BCUT2D eigenvalue weighted by molar-refractivity contribution is 7.80. The van der Waals surface area contributed by atoms with E-state index < -0.39 is 0 Å². The molecule has 3 heterocycles. The second-order valence-corrected chi connectivity index (χ2v) is 9.93. The molecule has 0 unspecified atom stereocenters. The van der Waals surface area contributed by atoms with Gasteiger partial charge in [-0.1, -0.05) is 12.1 Å². The summed E-state index contributed by atoms with van der Waals surface area (Å²) < 4.78 is 13.6. The molecule has 0 bridgehead atoms. The number of aryl methyl sites for hydroxylation is 3. The van der Waals surface area contributed by atoms with Crippen molar-refractivity contribution in [1.82, 2.24) is 14.9 Å². The first-order valence-electron chi connectivity index (χ1n) is 12.3. The van der Waals surface area contributed by atoms with Gasteiger partial charge in [-0.15, -0.1) is 0 Å². The molecule has 0 amide bonds. The van der Waals surface area contributed by atoms with Crippen LogP contribution in [-0.2, 0) is 0 Å². The van der Waals surface area contributed by atoms with Crippen LogP contribution in [0.25, 0.3) is 5.69 Å². The molecule has 190 valence electrons. The zero-order chi connectivity index (χ0) is 26.3. The quantitative estimate of drug-likeness (QED) is 0.306. The Balaban J connectivity index is 1.71. The Morgan fingerprint density at radius 1 is 0.892 bits per heavy atom. The fourth-order valence-corrected chi connectivity index (χ4v) is 5.82. The average Bonchev–Trinajstić information content (AvgIpc) is 3.38. The molecular formula is C30H32N4O2S. The third-order valence-electron chi connectivity index (χ3n) is 7.00. The largest absolute Gasteiger partial charge is 0.497 e. The molecule has 0 radical (unpaired) electrons. The van der Waals surface area contributed by atoms with E-state index in [-0.39, 0.29) is 12.1 Å². The molecule has 0 saturated carbocycles. The summed E-state index contributed by atoms with van der Waals surface area (Å²) in [6.45, 7) is 8.61. The lowest BCUT2D eigenvalue weighted by molar-refractivity contribution is 0.394. The lowest BCUT2D eigenvalue weighted by atomic mass is 9.96. The smallest absolute Gasteiger partial charge is 0.174 e. The average molecular weight is 513 g/mol. The van der Waals surface area contributed by atoms with Gasteiger partial charge < -0.3 is 24.3 Å². The summed E-state index contributed by atoms with van der Waals surface area (Å²) in [4.78, 5) is 6.86. The standard InChI is InChI=1S/C30H32N4O2S/c1-18-13-19(2)15-22(14-18)33-20(3)16-24(21(33)4)29-28(25-9-7-8-12-31-25)32-30(37)34(29)26-11-10-23(35-5)17-27(26)36-6/h7-17,28-29H,1-6H3,(H,32,37)/t28-,29+/m0/s1. The molecule has 1 saturated heterocycles. The molecule has 2 aromatic heterocycles. The molecule has 1 aliphatic rings. The van der Waals surface area contributed by atoms with E-state index in [1.54, 1.807) is 14.2 Å². The monoisotopic (exact) mass is 512 g/mol. The third kappa shape index (κ3) is 4.44. The van der Waals surface area contributed by atoms with E-state index in [9.17, 15) is 0 Å². The number of rotatable bonds is 6. The molecule has 2 atom stereocenters. The van der Waals surface area contributed by atoms with E-state index in [1.807, 2.05) is 42.6 Å². The van der Waals surface area contributed by atoms with Crippen LogP contribution in [-0.4, -0.2) is 28.9 Å². The van der Waals surface area contributed by atoms with Gasteiger partial charge in [0.25, 0.3) is 0 Å². The van der Waals surface area contributed by atoms with Gasteiger partial charge in [-0.2, -0.15) is 0 Å². The first kappa shape index (κ1) is 24.8. The molecule has 0 spiro atoms. The van der Waals surface area contributed by atoms with Gasteiger partial charge in [0.2, 0.25) is 0 Å². The highest BCUT2D eigenvalue weighted by atomic mass is 32.1. The van der Waals surface area contributed by atoms with Crippen LogP contribution in [0, 0.1) is 27.7 Å². The third-order valence-corrected chi connectivity index (χ3v) is 7.31. The van der Waals surface area contributed by atoms with Gasteiger partial charge in [0, 0.05) is 29.3 Å². The highest BCUT2D eigenvalue weighted by Crippen LogP contribution is 2.46. The van der Waals surface area contributed by atoms with E-state index >= 15 is 0 Å². The van der Waals surface area contributed by atoms with Gasteiger partial charge in [0.15, 0.2) is 5.11 Å². The summed E-state index contributed by atoms with van der Waals surface area (Å²) in [7, 11) is 3.32. The molecule has 1 aliphatic heterocycles. The molecule has 1 fully saturated rings. The van der Waals surface area contributed by atoms with Gasteiger partial charge in [-0.25, -0.2) is 0 Å². The summed E-state index contributed by atoms with van der Waals surface area (Å²) >= 11 is 5.95. The number of hydrogen-bond acceptors (Lipinski definition) is 4. The summed E-state index contributed by atoms with van der Waals surface area (Å²) in [5.74, 6) is 1.42. The lowest BCUT2D eigenvalue weighted by Gasteiger charge is -2.29. The Bertz CT molecular complexity index is 1440. The van der Waals surface area contributed by atoms with Gasteiger partial charge >= 0.3 is 0 Å². The van der Waals surface area contributed by atoms with E-state index in [0.29, 0.717) is 10.9 Å². The van der Waals surface area contributed by atoms with E-state index in [0.717, 1.165) is 34.2 Å². The number of nitrogens with one attached hydrogen (secondary N) is 1. The Kier molecular flexibility index (Phi) is 6.65. The number of methoxy groups -OCH3 is 2. The van der Waals surface area contributed by atoms with Crippen LogP contribution in [0.1, 0.15) is 45.9 Å². The molecule has 37 heavy (non-hydrogen) atoms. The van der Waals surface area contributed by atoms with Crippen molar-refractivity contribution in [2.75, 3.05) is 19.1 Å². The first-order chi connectivity index (χ1) is 17.8. The van der Waals surface area contributed by atoms with Crippen LogP contribution in [0.4, 0.5) is 5.69 Å². The molecule has 2 aromatic carbocycles. The molecule has 1 N–H and O–H groups in total. The molecule has 7 heteroatoms. The maximum absolute atomic E-state index is 5.95. The summed E-state index contributed by atoms with van der Waals surface area (Å²) in [5, 5.41) is 4.19. The lowest BCUT2D eigenvalue weighted by Crippen LogP contribution is -2.30. The normalized spacial score (nSPS) is 17.1. The van der Waals surface area contributed by atoms with Gasteiger partial charge in [0.1, 0.15) is 11.5 Å². The van der Waals surface area contributed by atoms with Crippen LogP contribution in [0.15, 0.2) is 66.9 Å². The fourth-order valence-electron chi connectivity index (χ4n) is 5.48. The Labute approximate surface area is 223 Å². The van der Waals surface area contributed by atoms with Gasteiger partial charge in [0.05, 0.1) is 37.7 Å². The van der Waals surface area contributed by atoms with E-state index in [4.69, 9.17) is 26.7 Å². The van der Waals surface area contributed by atoms with Crippen LogP contribution < -0.4 is 19.7 Å². The summed E-state index contributed by atoms with van der Waals surface area (Å²) in [6, 6.07) is 20.5. The Hall–Kier alpha value is -3.84. The van der Waals surface area contributed by atoms with Crippen molar-refractivity contribution < 1.29 is 9.47 Å². The second kappa shape index (κ2) is 9.90. The zero-order valence-electron chi connectivity index (χ0n) is 22.1. The Morgan fingerprint density at radius 3 is 2.30 bits per heavy atom. The zero-order valence-corrected chi connectivity index (χ0v) is 22.9. The van der Waals surface area contributed by atoms with Crippen LogP contribution in [0.2, 0.25) is 0 Å². The number of anilines is 1. The van der Waals surface area contributed by atoms with Crippen molar-refractivity contribution in [3.05, 3.63) is 101 Å². The van der Waals surface area contributed by atoms with Crippen molar-refractivity contribution >= 4 is 23.0 Å². The summed E-state index contributed by atoms with van der Waals surface area (Å²) in [5.41, 5.74) is 8.95. The minimum atomic E-state index is -0.145. The predicted octanol–water partition coefficient (Wildman–Crippen LogP) is 6.30. The number of benzene rings is 2. The highest BCUT2D eigenvalue weighted by Gasteiger charge is 2.43. The molecule has 4 aromatic rings. The number of hydrogen-bond donors (Lipinski definition) is 1. The number of nitrogens with zero attached hydrogens (tertiary/aromatic N) is 3. The molecule has 5 rings (SSSR count).